The molecule has 0 aliphatic carbocycles. The van der Waals surface area contributed by atoms with E-state index in [1.54, 1.807) is 30.3 Å². The molecular weight excluding hydrogens is 423 g/mol. The van der Waals surface area contributed by atoms with Gasteiger partial charge in [-0.1, -0.05) is 0 Å². The Morgan fingerprint density at radius 2 is 1.54 bits per heavy atom. The van der Waals surface area contributed by atoms with Crippen LogP contribution in [0.5, 0.6) is 23.0 Å². The summed E-state index contributed by atoms with van der Waals surface area (Å²) < 4.78 is 22.1. The molecule has 2 aromatic carbocycles. The van der Waals surface area contributed by atoms with Gasteiger partial charge in [0.05, 0.1) is 21.3 Å². The predicted molar refractivity (Wildman–Crippen MR) is 99.9 cm³/mol. The summed E-state index contributed by atoms with van der Waals surface area (Å²) in [4.78, 5) is 11.9. The van der Waals surface area contributed by atoms with Gasteiger partial charge >= 0.3 is 5.97 Å². The quantitative estimate of drug-likeness (QED) is 0.295. The molecule has 0 aromatic heterocycles. The Labute approximate surface area is 154 Å². The van der Waals surface area contributed by atoms with Gasteiger partial charge in [0, 0.05) is 9.65 Å². The Morgan fingerprint density at radius 3 is 2.04 bits per heavy atom. The van der Waals surface area contributed by atoms with E-state index >= 15 is 0 Å². The van der Waals surface area contributed by atoms with E-state index in [0.717, 1.165) is 9.13 Å². The standard InChI is InChI=1S/C18H17IO5/c1-21-15-10-12(11-16(22-2)18(15)23-3)4-9-17(20)24-14-7-5-13(19)6-8-14/h4-11H,1-3H3/b9-4+. The van der Waals surface area contributed by atoms with Crippen molar-refractivity contribution in [2.45, 2.75) is 0 Å². The van der Waals surface area contributed by atoms with Gasteiger partial charge in [0.2, 0.25) is 5.75 Å². The molecule has 0 unspecified atom stereocenters. The third kappa shape index (κ3) is 4.64. The smallest absolute Gasteiger partial charge is 0.336 e. The van der Waals surface area contributed by atoms with Crippen molar-refractivity contribution in [1.82, 2.24) is 0 Å². The highest BCUT2D eigenvalue weighted by atomic mass is 127. The van der Waals surface area contributed by atoms with Crippen LogP contribution in [-0.4, -0.2) is 27.3 Å². The Hall–Kier alpha value is -2.22. The number of benzene rings is 2. The lowest BCUT2D eigenvalue weighted by molar-refractivity contribution is -0.128. The minimum absolute atomic E-state index is 0.468. The zero-order valence-corrected chi connectivity index (χ0v) is 15.7. The molecule has 6 heteroatoms. The predicted octanol–water partition coefficient (Wildman–Crippen LogP) is 3.94. The third-order valence-corrected chi connectivity index (χ3v) is 3.85. The largest absolute Gasteiger partial charge is 0.493 e. The SMILES string of the molecule is COc1cc(/C=C/C(=O)Oc2ccc(I)cc2)cc(OC)c1OC. The Morgan fingerprint density at radius 1 is 0.958 bits per heavy atom. The van der Waals surface area contributed by atoms with Gasteiger partial charge in [0.15, 0.2) is 11.5 Å². The van der Waals surface area contributed by atoms with E-state index in [1.165, 1.54) is 27.4 Å². The molecule has 2 aromatic rings. The molecule has 0 saturated heterocycles. The van der Waals surface area contributed by atoms with Crippen molar-refractivity contribution in [3.05, 3.63) is 51.6 Å². The zero-order chi connectivity index (χ0) is 17.5. The van der Waals surface area contributed by atoms with Crippen LogP contribution in [0.15, 0.2) is 42.5 Å². The topological polar surface area (TPSA) is 54.0 Å². The number of methoxy groups -OCH3 is 3. The normalized spacial score (nSPS) is 10.5. The lowest BCUT2D eigenvalue weighted by Gasteiger charge is -2.12. The maximum atomic E-state index is 11.9. The molecule has 0 radical (unpaired) electrons. The van der Waals surface area contributed by atoms with Crippen LogP contribution in [0.2, 0.25) is 0 Å². The summed E-state index contributed by atoms with van der Waals surface area (Å²) in [5, 5.41) is 0. The number of hydrogen-bond acceptors (Lipinski definition) is 5. The second-order valence-corrected chi connectivity index (χ2v) is 5.91. The summed E-state index contributed by atoms with van der Waals surface area (Å²) >= 11 is 2.19. The Bertz CT molecular complexity index is 713. The van der Waals surface area contributed by atoms with Crippen LogP contribution in [0.25, 0.3) is 6.08 Å². The minimum atomic E-state index is -0.468. The summed E-state index contributed by atoms with van der Waals surface area (Å²) in [5.74, 6) is 1.56. The summed E-state index contributed by atoms with van der Waals surface area (Å²) in [6, 6.07) is 10.7. The molecule has 0 fully saturated rings. The van der Waals surface area contributed by atoms with Crippen molar-refractivity contribution in [3.63, 3.8) is 0 Å². The highest BCUT2D eigenvalue weighted by Crippen LogP contribution is 2.38. The molecule has 0 spiro atoms. The first kappa shape index (κ1) is 18.1. The fourth-order valence-electron chi connectivity index (χ4n) is 2.01. The van der Waals surface area contributed by atoms with Gasteiger partial charge in [-0.2, -0.15) is 0 Å². The van der Waals surface area contributed by atoms with Crippen LogP contribution >= 0.6 is 22.6 Å². The van der Waals surface area contributed by atoms with Crippen LogP contribution in [0, 0.1) is 3.57 Å². The van der Waals surface area contributed by atoms with Crippen LogP contribution in [-0.2, 0) is 4.79 Å². The van der Waals surface area contributed by atoms with Crippen LogP contribution in [0.4, 0.5) is 0 Å². The fraction of sp³-hybridized carbons (Fsp3) is 0.167. The fourth-order valence-corrected chi connectivity index (χ4v) is 2.37. The molecule has 5 nitrogen and oxygen atoms in total. The number of esters is 1. The molecular formula is C18H17IO5. The van der Waals surface area contributed by atoms with Crippen molar-refractivity contribution in [2.24, 2.45) is 0 Å². The number of carbonyl (C=O) groups is 1. The molecule has 0 amide bonds. The highest BCUT2D eigenvalue weighted by molar-refractivity contribution is 14.1. The van der Waals surface area contributed by atoms with Gasteiger partial charge in [-0.25, -0.2) is 4.79 Å². The average molecular weight is 440 g/mol. The first-order valence-corrected chi connectivity index (χ1v) is 8.10. The van der Waals surface area contributed by atoms with Gasteiger partial charge in [0.1, 0.15) is 5.75 Å². The number of hydrogen-bond donors (Lipinski definition) is 0. The number of carbonyl (C=O) groups excluding carboxylic acids is 1. The molecule has 0 heterocycles. The molecule has 0 N–H and O–H groups in total. The summed E-state index contributed by atoms with van der Waals surface area (Å²) in [6.45, 7) is 0. The van der Waals surface area contributed by atoms with Crippen molar-refractivity contribution >= 4 is 34.6 Å². The number of halogens is 1. The molecule has 0 atom stereocenters. The van der Waals surface area contributed by atoms with Crippen LogP contribution in [0.3, 0.4) is 0 Å². The van der Waals surface area contributed by atoms with E-state index in [0.29, 0.717) is 23.0 Å². The van der Waals surface area contributed by atoms with E-state index < -0.39 is 5.97 Å². The molecule has 0 saturated carbocycles. The summed E-state index contributed by atoms with van der Waals surface area (Å²) in [7, 11) is 4.61. The molecule has 0 aliphatic rings. The monoisotopic (exact) mass is 440 g/mol. The second-order valence-electron chi connectivity index (χ2n) is 4.67. The minimum Gasteiger partial charge on any atom is -0.493 e. The summed E-state index contributed by atoms with van der Waals surface area (Å²) in [5.41, 5.74) is 0.726. The zero-order valence-electron chi connectivity index (χ0n) is 13.5. The maximum absolute atomic E-state index is 11.9. The van der Waals surface area contributed by atoms with Gasteiger partial charge in [0.25, 0.3) is 0 Å². The molecule has 126 valence electrons. The van der Waals surface area contributed by atoms with Crippen molar-refractivity contribution in [1.29, 1.82) is 0 Å². The van der Waals surface area contributed by atoms with Crippen molar-refractivity contribution < 1.29 is 23.7 Å². The maximum Gasteiger partial charge on any atom is 0.336 e. The van der Waals surface area contributed by atoms with Gasteiger partial charge < -0.3 is 18.9 Å². The summed E-state index contributed by atoms with van der Waals surface area (Å²) in [6.07, 6.45) is 2.97. The van der Waals surface area contributed by atoms with Crippen molar-refractivity contribution in [2.75, 3.05) is 21.3 Å². The lowest BCUT2D eigenvalue weighted by Crippen LogP contribution is -2.03. The second kappa shape index (κ2) is 8.58. The first-order valence-electron chi connectivity index (χ1n) is 7.03. The van der Waals surface area contributed by atoms with Crippen molar-refractivity contribution in [3.8, 4) is 23.0 Å². The van der Waals surface area contributed by atoms with E-state index in [9.17, 15) is 4.79 Å². The third-order valence-electron chi connectivity index (χ3n) is 3.13. The van der Waals surface area contributed by atoms with Crippen LogP contribution in [0.1, 0.15) is 5.56 Å². The Kier molecular flexibility index (Phi) is 6.48. The van der Waals surface area contributed by atoms with Gasteiger partial charge in [-0.15, -0.1) is 0 Å². The molecule has 0 bridgehead atoms. The first-order chi connectivity index (χ1) is 11.6. The van der Waals surface area contributed by atoms with Gasteiger partial charge in [-0.3, -0.25) is 0 Å². The molecule has 0 aliphatic heterocycles. The van der Waals surface area contributed by atoms with Gasteiger partial charge in [-0.05, 0) is 70.6 Å². The van der Waals surface area contributed by atoms with E-state index in [-0.39, 0.29) is 0 Å². The lowest BCUT2D eigenvalue weighted by atomic mass is 10.1. The van der Waals surface area contributed by atoms with E-state index in [1.807, 2.05) is 12.1 Å². The number of rotatable bonds is 6. The average Bonchev–Trinajstić information content (AvgIpc) is 2.60. The van der Waals surface area contributed by atoms with E-state index in [4.69, 9.17) is 18.9 Å². The van der Waals surface area contributed by atoms with E-state index in [2.05, 4.69) is 22.6 Å². The molecule has 24 heavy (non-hydrogen) atoms. The molecule has 2 rings (SSSR count). The Balaban J connectivity index is 2.15. The number of ether oxygens (including phenoxy) is 4. The van der Waals surface area contributed by atoms with Crippen LogP contribution < -0.4 is 18.9 Å². The highest BCUT2D eigenvalue weighted by Gasteiger charge is 2.12.